The van der Waals surface area contributed by atoms with Crippen LogP contribution in [-0.2, 0) is 11.4 Å². The summed E-state index contributed by atoms with van der Waals surface area (Å²) in [6.07, 6.45) is 1.40. The molecule has 0 aliphatic carbocycles. The van der Waals surface area contributed by atoms with Gasteiger partial charge in [0.25, 0.3) is 5.91 Å². The second-order valence-corrected chi connectivity index (χ2v) is 9.15. The summed E-state index contributed by atoms with van der Waals surface area (Å²) in [5.41, 5.74) is 1.75. The predicted octanol–water partition coefficient (Wildman–Crippen LogP) is 5.73. The van der Waals surface area contributed by atoms with E-state index in [1.807, 2.05) is 31.2 Å². The van der Waals surface area contributed by atoms with Gasteiger partial charge in [-0.25, -0.2) is 4.79 Å². The summed E-state index contributed by atoms with van der Waals surface area (Å²) in [6.45, 7) is 2.65. The molecule has 0 fully saturated rings. The third kappa shape index (κ3) is 6.94. The fraction of sp³-hybridized carbons (Fsp3) is 0.120. The summed E-state index contributed by atoms with van der Waals surface area (Å²) >= 11 is 4.39. The van der Waals surface area contributed by atoms with Gasteiger partial charge in [0.15, 0.2) is 11.5 Å². The summed E-state index contributed by atoms with van der Waals surface area (Å²) in [7, 11) is 0. The molecule has 0 atom stereocenters. The standard InChI is InChI=1S/C25H21I2NO5/c1-2-32-22-14-16(12-20(27)23(22)33-15-18-10-6-7-11-19(18)26)13-21(25(30)31)28-24(29)17-8-4-3-5-9-17/h3-14H,2,15H2,1H3,(H,28,29)(H,30,31). The van der Waals surface area contributed by atoms with Crippen LogP contribution in [-0.4, -0.2) is 23.6 Å². The quantitative estimate of drug-likeness (QED) is 0.225. The van der Waals surface area contributed by atoms with Gasteiger partial charge in [0.2, 0.25) is 0 Å². The number of halogens is 2. The minimum absolute atomic E-state index is 0.241. The maximum absolute atomic E-state index is 12.4. The average molecular weight is 669 g/mol. The van der Waals surface area contributed by atoms with Crippen LogP contribution in [0.1, 0.15) is 28.4 Å². The van der Waals surface area contributed by atoms with E-state index >= 15 is 0 Å². The van der Waals surface area contributed by atoms with Crippen molar-refractivity contribution in [3.63, 3.8) is 0 Å². The molecule has 3 rings (SSSR count). The Bertz CT molecular complexity index is 1180. The van der Waals surface area contributed by atoms with Gasteiger partial charge in [0.1, 0.15) is 12.3 Å². The maximum atomic E-state index is 12.4. The van der Waals surface area contributed by atoms with Gasteiger partial charge in [-0.1, -0.05) is 36.4 Å². The van der Waals surface area contributed by atoms with Gasteiger partial charge in [-0.2, -0.15) is 0 Å². The molecule has 170 valence electrons. The summed E-state index contributed by atoms with van der Waals surface area (Å²) < 4.78 is 13.7. The molecule has 0 aromatic heterocycles. The Labute approximate surface area is 219 Å². The molecule has 0 spiro atoms. The Morgan fingerprint density at radius 1 is 0.970 bits per heavy atom. The molecular formula is C25H21I2NO5. The van der Waals surface area contributed by atoms with E-state index in [2.05, 4.69) is 50.5 Å². The third-order valence-corrected chi connectivity index (χ3v) is 6.34. The molecule has 0 heterocycles. The van der Waals surface area contributed by atoms with Gasteiger partial charge in [0, 0.05) is 14.7 Å². The van der Waals surface area contributed by atoms with E-state index in [0.717, 1.165) is 12.7 Å². The normalized spacial score (nSPS) is 11.1. The number of carboxylic acid groups (broad SMARTS) is 1. The largest absolute Gasteiger partial charge is 0.490 e. The van der Waals surface area contributed by atoms with E-state index in [-0.39, 0.29) is 5.70 Å². The first-order valence-corrected chi connectivity index (χ1v) is 12.2. The first-order chi connectivity index (χ1) is 15.9. The van der Waals surface area contributed by atoms with E-state index in [9.17, 15) is 14.7 Å². The second-order valence-electron chi connectivity index (χ2n) is 6.83. The van der Waals surface area contributed by atoms with Crippen molar-refractivity contribution < 1.29 is 24.2 Å². The molecule has 2 N–H and O–H groups in total. The van der Waals surface area contributed by atoms with Crippen LogP contribution in [0.4, 0.5) is 0 Å². The third-order valence-electron chi connectivity index (χ3n) is 4.49. The molecule has 3 aromatic carbocycles. The Hall–Kier alpha value is -2.60. The molecule has 0 aliphatic rings. The number of hydrogen-bond acceptors (Lipinski definition) is 4. The number of ether oxygens (including phenoxy) is 2. The Morgan fingerprint density at radius 2 is 1.67 bits per heavy atom. The van der Waals surface area contributed by atoms with Crippen LogP contribution in [0.2, 0.25) is 0 Å². The van der Waals surface area contributed by atoms with Gasteiger partial charge in [-0.05, 0) is 94.1 Å². The van der Waals surface area contributed by atoms with Crippen molar-refractivity contribution in [3.8, 4) is 11.5 Å². The van der Waals surface area contributed by atoms with Crippen molar-refractivity contribution in [1.29, 1.82) is 0 Å². The molecule has 3 aromatic rings. The average Bonchev–Trinajstić information content (AvgIpc) is 2.80. The number of carbonyl (C=O) groups excluding carboxylic acids is 1. The topological polar surface area (TPSA) is 84.9 Å². The van der Waals surface area contributed by atoms with Crippen molar-refractivity contribution in [2.24, 2.45) is 0 Å². The molecule has 0 saturated heterocycles. The minimum Gasteiger partial charge on any atom is -0.490 e. The molecule has 0 aliphatic heterocycles. The van der Waals surface area contributed by atoms with Gasteiger partial charge in [-0.15, -0.1) is 0 Å². The Morgan fingerprint density at radius 3 is 2.33 bits per heavy atom. The monoisotopic (exact) mass is 669 g/mol. The number of nitrogens with one attached hydrogen (secondary N) is 1. The predicted molar refractivity (Wildman–Crippen MR) is 143 cm³/mol. The second kappa shape index (κ2) is 12.0. The highest BCUT2D eigenvalue weighted by atomic mass is 127. The first-order valence-electron chi connectivity index (χ1n) is 10.0. The smallest absolute Gasteiger partial charge is 0.352 e. The zero-order valence-electron chi connectivity index (χ0n) is 17.7. The summed E-state index contributed by atoms with van der Waals surface area (Å²) in [5.74, 6) is -0.659. The minimum atomic E-state index is -1.24. The van der Waals surface area contributed by atoms with E-state index in [0.29, 0.717) is 35.8 Å². The van der Waals surface area contributed by atoms with Crippen LogP contribution >= 0.6 is 45.2 Å². The lowest BCUT2D eigenvalue weighted by Gasteiger charge is -2.16. The molecule has 8 heteroatoms. The SMILES string of the molecule is CCOc1cc(C=C(NC(=O)c2ccccc2)C(=O)O)cc(I)c1OCc1ccccc1I. The van der Waals surface area contributed by atoms with E-state index in [1.165, 1.54) is 6.08 Å². The van der Waals surface area contributed by atoms with Gasteiger partial charge >= 0.3 is 5.97 Å². The number of carbonyl (C=O) groups is 2. The molecule has 0 saturated carbocycles. The summed E-state index contributed by atoms with van der Waals surface area (Å²) in [5, 5.41) is 12.1. The highest BCUT2D eigenvalue weighted by molar-refractivity contribution is 14.1. The van der Waals surface area contributed by atoms with E-state index in [1.54, 1.807) is 42.5 Å². The summed E-state index contributed by atoms with van der Waals surface area (Å²) in [6, 6.07) is 19.9. The van der Waals surface area contributed by atoms with Gasteiger partial charge in [-0.3, -0.25) is 4.79 Å². The van der Waals surface area contributed by atoms with Crippen molar-refractivity contribution in [1.82, 2.24) is 5.32 Å². The zero-order chi connectivity index (χ0) is 23.8. The highest BCUT2D eigenvalue weighted by Gasteiger charge is 2.16. The fourth-order valence-corrected chi connectivity index (χ4v) is 4.27. The van der Waals surface area contributed by atoms with Crippen LogP contribution < -0.4 is 14.8 Å². The Balaban J connectivity index is 1.88. The van der Waals surface area contributed by atoms with E-state index in [4.69, 9.17) is 9.47 Å². The van der Waals surface area contributed by atoms with Crippen molar-refractivity contribution in [2.45, 2.75) is 13.5 Å². The highest BCUT2D eigenvalue weighted by Crippen LogP contribution is 2.35. The fourth-order valence-electron chi connectivity index (χ4n) is 2.94. The maximum Gasteiger partial charge on any atom is 0.352 e. The van der Waals surface area contributed by atoms with Crippen molar-refractivity contribution >= 4 is 63.1 Å². The van der Waals surface area contributed by atoms with E-state index < -0.39 is 11.9 Å². The number of carboxylic acids is 1. The van der Waals surface area contributed by atoms with Crippen LogP contribution in [0.3, 0.4) is 0 Å². The lowest BCUT2D eigenvalue weighted by molar-refractivity contribution is -0.132. The Kier molecular flexibility index (Phi) is 9.12. The number of hydrogen-bond donors (Lipinski definition) is 2. The molecule has 0 bridgehead atoms. The molecular weight excluding hydrogens is 648 g/mol. The number of amides is 1. The molecule has 0 radical (unpaired) electrons. The van der Waals surface area contributed by atoms with Crippen LogP contribution in [0.5, 0.6) is 11.5 Å². The molecule has 33 heavy (non-hydrogen) atoms. The zero-order valence-corrected chi connectivity index (χ0v) is 22.0. The van der Waals surface area contributed by atoms with Gasteiger partial charge in [0.05, 0.1) is 10.2 Å². The summed E-state index contributed by atoms with van der Waals surface area (Å²) in [4.78, 5) is 24.2. The lowest BCUT2D eigenvalue weighted by atomic mass is 10.1. The van der Waals surface area contributed by atoms with Crippen molar-refractivity contribution in [2.75, 3.05) is 6.61 Å². The first kappa shape index (κ1) is 25.0. The van der Waals surface area contributed by atoms with Gasteiger partial charge < -0.3 is 19.9 Å². The van der Waals surface area contributed by atoms with Crippen molar-refractivity contribution in [3.05, 3.63) is 96.3 Å². The molecule has 6 nitrogen and oxygen atoms in total. The molecule has 0 unspecified atom stereocenters. The lowest BCUT2D eigenvalue weighted by Crippen LogP contribution is -2.27. The number of benzene rings is 3. The van der Waals surface area contributed by atoms with Crippen LogP contribution in [0.25, 0.3) is 6.08 Å². The number of rotatable bonds is 9. The van der Waals surface area contributed by atoms with Crippen LogP contribution in [0, 0.1) is 7.14 Å². The molecule has 1 amide bonds. The number of aliphatic carboxylic acids is 1. The van der Waals surface area contributed by atoms with Crippen LogP contribution in [0.15, 0.2) is 72.4 Å².